The number of thiazole rings is 1. The van der Waals surface area contributed by atoms with Crippen molar-refractivity contribution < 1.29 is 9.72 Å². The highest BCUT2D eigenvalue weighted by molar-refractivity contribution is 7.21. The van der Waals surface area contributed by atoms with E-state index < -0.39 is 10.8 Å². The molecule has 3 aromatic carbocycles. The Kier molecular flexibility index (Phi) is 4.82. The van der Waals surface area contributed by atoms with Gasteiger partial charge in [0.05, 0.1) is 15.1 Å². The number of nitrogens with one attached hydrogen (secondary N) is 1. The van der Waals surface area contributed by atoms with E-state index in [-0.39, 0.29) is 11.3 Å². The quantitative estimate of drug-likeness (QED) is 0.348. The number of benzene rings is 3. The molecule has 0 saturated carbocycles. The van der Waals surface area contributed by atoms with Gasteiger partial charge in [-0.05, 0) is 67.4 Å². The Labute approximate surface area is 171 Å². The summed E-state index contributed by atoms with van der Waals surface area (Å²) in [5.41, 5.74) is 4.27. The number of fused-ring (bicyclic) bond motifs is 1. The first-order valence-corrected chi connectivity index (χ1v) is 9.76. The number of hydrogen-bond donors (Lipinski definition) is 1. The standard InChI is InChI=1S/C22H17N3O3S/c1-13-4-10-19(25(27)28)17(11-13)21(26)23-16-7-5-15(6-8-16)22-24-18-9-3-14(2)12-20(18)29-22/h3-12H,1-2H3,(H,23,26). The number of carbonyl (C=O) groups excluding carboxylic acids is 1. The minimum absolute atomic E-state index is 0.0422. The van der Waals surface area contributed by atoms with Crippen LogP contribution in [0.4, 0.5) is 11.4 Å². The molecule has 0 aliphatic heterocycles. The molecule has 0 aliphatic rings. The van der Waals surface area contributed by atoms with Crippen LogP contribution in [0.25, 0.3) is 20.8 Å². The highest BCUT2D eigenvalue weighted by Gasteiger charge is 2.20. The van der Waals surface area contributed by atoms with Crippen molar-refractivity contribution in [2.45, 2.75) is 13.8 Å². The van der Waals surface area contributed by atoms with Gasteiger partial charge in [0.2, 0.25) is 0 Å². The van der Waals surface area contributed by atoms with E-state index in [9.17, 15) is 14.9 Å². The highest BCUT2D eigenvalue weighted by atomic mass is 32.1. The minimum atomic E-state index is -0.549. The Morgan fingerprint density at radius 1 is 1.00 bits per heavy atom. The van der Waals surface area contributed by atoms with Crippen molar-refractivity contribution in [2.24, 2.45) is 0 Å². The van der Waals surface area contributed by atoms with Gasteiger partial charge in [-0.2, -0.15) is 0 Å². The molecule has 0 radical (unpaired) electrons. The molecular formula is C22H17N3O3S. The summed E-state index contributed by atoms with van der Waals surface area (Å²) in [5, 5.41) is 14.8. The lowest BCUT2D eigenvalue weighted by atomic mass is 10.1. The fourth-order valence-corrected chi connectivity index (χ4v) is 4.11. The summed E-state index contributed by atoms with van der Waals surface area (Å²) in [6.45, 7) is 3.84. The molecule has 1 heterocycles. The number of nitro benzene ring substituents is 1. The molecule has 29 heavy (non-hydrogen) atoms. The van der Waals surface area contributed by atoms with Gasteiger partial charge in [-0.3, -0.25) is 14.9 Å². The van der Waals surface area contributed by atoms with Crippen molar-refractivity contribution in [2.75, 3.05) is 5.32 Å². The van der Waals surface area contributed by atoms with E-state index in [1.807, 2.05) is 24.3 Å². The van der Waals surface area contributed by atoms with Crippen LogP contribution in [0.3, 0.4) is 0 Å². The first-order chi connectivity index (χ1) is 13.9. The Morgan fingerprint density at radius 2 is 1.69 bits per heavy atom. The molecule has 4 aromatic rings. The number of nitro groups is 1. The summed E-state index contributed by atoms with van der Waals surface area (Å²) in [6.07, 6.45) is 0. The van der Waals surface area contributed by atoms with E-state index in [0.717, 1.165) is 26.4 Å². The molecule has 0 saturated heterocycles. The number of hydrogen-bond acceptors (Lipinski definition) is 5. The Balaban J connectivity index is 1.57. The van der Waals surface area contributed by atoms with Gasteiger partial charge in [-0.1, -0.05) is 12.1 Å². The summed E-state index contributed by atoms with van der Waals surface area (Å²) in [6, 6.07) is 17.9. The summed E-state index contributed by atoms with van der Waals surface area (Å²) in [5.74, 6) is -0.511. The number of aryl methyl sites for hydroxylation is 2. The van der Waals surface area contributed by atoms with Crippen LogP contribution in [-0.2, 0) is 0 Å². The zero-order chi connectivity index (χ0) is 20.5. The Hall–Kier alpha value is -3.58. The van der Waals surface area contributed by atoms with Gasteiger partial charge in [-0.25, -0.2) is 4.98 Å². The molecule has 0 atom stereocenters. The van der Waals surface area contributed by atoms with E-state index in [4.69, 9.17) is 0 Å². The third-order valence-electron chi connectivity index (χ3n) is 4.53. The average molecular weight is 403 g/mol. The first kappa shape index (κ1) is 18.8. The predicted octanol–water partition coefficient (Wildman–Crippen LogP) is 5.74. The molecule has 1 amide bonds. The van der Waals surface area contributed by atoms with Crippen LogP contribution in [0.15, 0.2) is 60.7 Å². The monoisotopic (exact) mass is 403 g/mol. The predicted molar refractivity (Wildman–Crippen MR) is 116 cm³/mol. The summed E-state index contributed by atoms with van der Waals surface area (Å²) >= 11 is 1.61. The van der Waals surface area contributed by atoms with Crippen molar-refractivity contribution in [3.05, 3.63) is 87.5 Å². The van der Waals surface area contributed by atoms with Crippen molar-refractivity contribution in [1.82, 2.24) is 4.98 Å². The van der Waals surface area contributed by atoms with Crippen LogP contribution in [0.2, 0.25) is 0 Å². The molecule has 0 bridgehead atoms. The molecule has 144 valence electrons. The third-order valence-corrected chi connectivity index (χ3v) is 5.59. The van der Waals surface area contributed by atoms with E-state index in [1.165, 1.54) is 17.7 Å². The normalized spacial score (nSPS) is 10.8. The first-order valence-electron chi connectivity index (χ1n) is 8.95. The highest BCUT2D eigenvalue weighted by Crippen LogP contribution is 2.31. The van der Waals surface area contributed by atoms with Gasteiger partial charge >= 0.3 is 0 Å². The van der Waals surface area contributed by atoms with Crippen LogP contribution >= 0.6 is 11.3 Å². The molecule has 0 unspecified atom stereocenters. The smallest absolute Gasteiger partial charge is 0.282 e. The topological polar surface area (TPSA) is 85.1 Å². The van der Waals surface area contributed by atoms with Crippen molar-refractivity contribution in [3.8, 4) is 10.6 Å². The van der Waals surface area contributed by atoms with Crippen LogP contribution in [0.5, 0.6) is 0 Å². The number of amides is 1. The molecule has 0 spiro atoms. The summed E-state index contributed by atoms with van der Waals surface area (Å²) < 4.78 is 1.13. The second-order valence-corrected chi connectivity index (χ2v) is 7.83. The van der Waals surface area contributed by atoms with Gasteiger partial charge in [-0.15, -0.1) is 11.3 Å². The van der Waals surface area contributed by atoms with Gasteiger partial charge in [0.1, 0.15) is 10.6 Å². The molecule has 0 aliphatic carbocycles. The zero-order valence-corrected chi connectivity index (χ0v) is 16.6. The Morgan fingerprint density at radius 3 is 2.41 bits per heavy atom. The third kappa shape index (κ3) is 3.86. The lowest BCUT2D eigenvalue weighted by Crippen LogP contribution is -2.14. The lowest BCUT2D eigenvalue weighted by molar-refractivity contribution is -0.385. The van der Waals surface area contributed by atoms with Crippen LogP contribution < -0.4 is 5.32 Å². The molecule has 7 heteroatoms. The van der Waals surface area contributed by atoms with E-state index in [2.05, 4.69) is 23.3 Å². The minimum Gasteiger partial charge on any atom is -0.322 e. The number of anilines is 1. The molecule has 4 rings (SSSR count). The van der Waals surface area contributed by atoms with Gasteiger partial charge in [0.25, 0.3) is 11.6 Å². The molecule has 1 N–H and O–H groups in total. The Bertz CT molecular complexity index is 1250. The van der Waals surface area contributed by atoms with Crippen LogP contribution in [0.1, 0.15) is 21.5 Å². The second-order valence-electron chi connectivity index (χ2n) is 6.80. The van der Waals surface area contributed by atoms with E-state index in [0.29, 0.717) is 5.69 Å². The molecule has 6 nitrogen and oxygen atoms in total. The van der Waals surface area contributed by atoms with Crippen molar-refractivity contribution >= 4 is 38.8 Å². The fourth-order valence-electron chi connectivity index (χ4n) is 3.04. The SMILES string of the molecule is Cc1ccc([N+](=O)[O-])c(C(=O)Nc2ccc(-c3nc4ccc(C)cc4s3)cc2)c1. The number of nitrogens with zero attached hydrogens (tertiary/aromatic N) is 2. The van der Waals surface area contributed by atoms with Crippen molar-refractivity contribution in [3.63, 3.8) is 0 Å². The maximum Gasteiger partial charge on any atom is 0.282 e. The summed E-state index contributed by atoms with van der Waals surface area (Å²) in [4.78, 5) is 27.9. The second kappa shape index (κ2) is 7.44. The maximum atomic E-state index is 12.6. The fraction of sp³-hybridized carbons (Fsp3) is 0.0909. The number of carbonyl (C=O) groups is 1. The van der Waals surface area contributed by atoms with E-state index in [1.54, 1.807) is 36.5 Å². The number of rotatable bonds is 4. The van der Waals surface area contributed by atoms with E-state index >= 15 is 0 Å². The van der Waals surface area contributed by atoms with Crippen LogP contribution in [0, 0.1) is 24.0 Å². The molecular weight excluding hydrogens is 386 g/mol. The molecule has 1 aromatic heterocycles. The summed E-state index contributed by atoms with van der Waals surface area (Å²) in [7, 11) is 0. The van der Waals surface area contributed by atoms with Crippen LogP contribution in [-0.4, -0.2) is 15.8 Å². The van der Waals surface area contributed by atoms with Gasteiger partial charge in [0.15, 0.2) is 0 Å². The molecule has 0 fully saturated rings. The largest absolute Gasteiger partial charge is 0.322 e. The number of aromatic nitrogens is 1. The van der Waals surface area contributed by atoms with Gasteiger partial charge in [0, 0.05) is 17.3 Å². The maximum absolute atomic E-state index is 12.6. The lowest BCUT2D eigenvalue weighted by Gasteiger charge is -2.07. The average Bonchev–Trinajstić information content (AvgIpc) is 3.11. The zero-order valence-electron chi connectivity index (χ0n) is 15.8. The van der Waals surface area contributed by atoms with Crippen molar-refractivity contribution in [1.29, 1.82) is 0 Å². The van der Waals surface area contributed by atoms with Gasteiger partial charge < -0.3 is 5.32 Å².